The number of ether oxygens (including phenoxy) is 1. The third-order valence-corrected chi connectivity index (χ3v) is 3.91. The molecule has 0 aliphatic rings. The molecule has 0 spiro atoms. The minimum Gasteiger partial charge on any atom is -0.465 e. The zero-order valence-corrected chi connectivity index (χ0v) is 13.8. The monoisotopic (exact) mass is 310 g/mol. The van der Waals surface area contributed by atoms with Gasteiger partial charge in [0.2, 0.25) is 0 Å². The first kappa shape index (κ1) is 16.9. The van der Waals surface area contributed by atoms with Crippen LogP contribution in [0.1, 0.15) is 36.5 Å². The van der Waals surface area contributed by atoms with E-state index < -0.39 is 11.9 Å². The molecular weight excluding hydrogens is 288 g/mol. The van der Waals surface area contributed by atoms with E-state index >= 15 is 0 Å². The Labute approximate surface area is 137 Å². The summed E-state index contributed by atoms with van der Waals surface area (Å²) in [5.41, 5.74) is 3.01. The van der Waals surface area contributed by atoms with Gasteiger partial charge in [0.1, 0.15) is 11.7 Å². The molecular formula is C20H22O3. The predicted octanol–water partition coefficient (Wildman–Crippen LogP) is 3.90. The summed E-state index contributed by atoms with van der Waals surface area (Å²) >= 11 is 0. The Kier molecular flexibility index (Phi) is 5.69. The quantitative estimate of drug-likeness (QED) is 0.600. The Hall–Kier alpha value is -2.42. The summed E-state index contributed by atoms with van der Waals surface area (Å²) in [5, 5.41) is 0. The summed E-state index contributed by atoms with van der Waals surface area (Å²) in [5.74, 6) is -1.82. The van der Waals surface area contributed by atoms with Crippen LogP contribution in [0.25, 0.3) is 0 Å². The highest BCUT2D eigenvalue weighted by Gasteiger charge is 2.35. The molecule has 2 atom stereocenters. The van der Waals surface area contributed by atoms with Crippen LogP contribution in [0.15, 0.2) is 54.6 Å². The van der Waals surface area contributed by atoms with Crippen LogP contribution < -0.4 is 0 Å². The summed E-state index contributed by atoms with van der Waals surface area (Å²) in [6.45, 7) is 5.47. The van der Waals surface area contributed by atoms with E-state index in [4.69, 9.17) is 4.74 Å². The molecule has 2 unspecified atom stereocenters. The van der Waals surface area contributed by atoms with Crippen molar-refractivity contribution in [3.05, 3.63) is 71.3 Å². The third kappa shape index (κ3) is 4.07. The smallest absolute Gasteiger partial charge is 0.317 e. The number of rotatable bonds is 6. The van der Waals surface area contributed by atoms with Crippen LogP contribution in [0.2, 0.25) is 0 Å². The van der Waals surface area contributed by atoms with Gasteiger partial charge in [-0.15, -0.1) is 0 Å². The van der Waals surface area contributed by atoms with Crippen molar-refractivity contribution < 1.29 is 14.3 Å². The molecule has 0 aliphatic heterocycles. The van der Waals surface area contributed by atoms with Gasteiger partial charge < -0.3 is 4.74 Å². The first-order chi connectivity index (χ1) is 11.0. The molecule has 0 fully saturated rings. The maximum absolute atomic E-state index is 12.4. The molecule has 0 saturated carbocycles. The normalized spacial score (nSPS) is 13.2. The molecule has 120 valence electrons. The summed E-state index contributed by atoms with van der Waals surface area (Å²) in [6.07, 6.45) is 0. The summed E-state index contributed by atoms with van der Waals surface area (Å²) in [7, 11) is 0. The second kappa shape index (κ2) is 7.73. The Morgan fingerprint density at radius 1 is 0.957 bits per heavy atom. The van der Waals surface area contributed by atoms with Crippen molar-refractivity contribution in [1.82, 2.24) is 0 Å². The average molecular weight is 310 g/mol. The van der Waals surface area contributed by atoms with Gasteiger partial charge in [0.15, 0.2) is 0 Å². The molecule has 0 saturated heterocycles. The number of aryl methyl sites for hydroxylation is 1. The van der Waals surface area contributed by atoms with E-state index in [0.717, 1.165) is 16.7 Å². The van der Waals surface area contributed by atoms with Crippen LogP contribution in [0.5, 0.6) is 0 Å². The summed E-state index contributed by atoms with van der Waals surface area (Å²) in [6, 6.07) is 17.6. The third-order valence-electron chi connectivity index (χ3n) is 3.91. The molecule has 2 aromatic carbocycles. The Balaban J connectivity index is 2.53. The molecule has 0 heterocycles. The first-order valence-electron chi connectivity index (χ1n) is 7.83. The van der Waals surface area contributed by atoms with Gasteiger partial charge in [-0.05, 0) is 31.9 Å². The number of carbonyl (C=O) groups excluding carboxylic acids is 2. The number of carbonyl (C=O) groups is 2. The number of Topliss-reactive ketones (excluding diaryl/α,β-unsaturated/α-hetero) is 1. The second-order valence-electron chi connectivity index (χ2n) is 5.64. The van der Waals surface area contributed by atoms with Crippen molar-refractivity contribution in [2.24, 2.45) is 5.92 Å². The largest absolute Gasteiger partial charge is 0.465 e. The summed E-state index contributed by atoms with van der Waals surface area (Å²) < 4.78 is 5.15. The number of ketones is 1. The van der Waals surface area contributed by atoms with Crippen molar-refractivity contribution in [3.8, 4) is 0 Å². The molecule has 3 heteroatoms. The molecule has 2 aromatic rings. The molecule has 0 N–H and O–H groups in total. The molecule has 23 heavy (non-hydrogen) atoms. The number of esters is 1. The molecule has 0 aromatic heterocycles. The van der Waals surface area contributed by atoms with Crippen molar-refractivity contribution in [2.75, 3.05) is 6.61 Å². The SMILES string of the molecule is CCOC(=O)C(C(C)=O)C(c1ccccc1)c1ccc(C)cc1. The van der Waals surface area contributed by atoms with Gasteiger partial charge in [0, 0.05) is 5.92 Å². The lowest BCUT2D eigenvalue weighted by Gasteiger charge is -2.25. The molecule has 0 bridgehead atoms. The Morgan fingerprint density at radius 3 is 2.04 bits per heavy atom. The van der Waals surface area contributed by atoms with Crippen LogP contribution in [0.3, 0.4) is 0 Å². The topological polar surface area (TPSA) is 43.4 Å². The average Bonchev–Trinajstić information content (AvgIpc) is 2.54. The van der Waals surface area contributed by atoms with Gasteiger partial charge in [-0.3, -0.25) is 9.59 Å². The predicted molar refractivity (Wildman–Crippen MR) is 90.3 cm³/mol. The lowest BCUT2D eigenvalue weighted by atomic mass is 9.78. The zero-order valence-electron chi connectivity index (χ0n) is 13.8. The lowest BCUT2D eigenvalue weighted by Crippen LogP contribution is -2.31. The fourth-order valence-electron chi connectivity index (χ4n) is 2.78. The Morgan fingerprint density at radius 2 is 1.52 bits per heavy atom. The van der Waals surface area contributed by atoms with E-state index in [2.05, 4.69) is 0 Å². The van der Waals surface area contributed by atoms with E-state index in [1.165, 1.54) is 6.92 Å². The fourth-order valence-corrected chi connectivity index (χ4v) is 2.78. The molecule has 0 amide bonds. The second-order valence-corrected chi connectivity index (χ2v) is 5.64. The van der Waals surface area contributed by atoms with Gasteiger partial charge in [0.25, 0.3) is 0 Å². The fraction of sp³-hybridized carbons (Fsp3) is 0.300. The lowest BCUT2D eigenvalue weighted by molar-refractivity contribution is -0.151. The molecule has 3 nitrogen and oxygen atoms in total. The molecule has 0 aliphatic carbocycles. The Bertz CT molecular complexity index is 659. The van der Waals surface area contributed by atoms with Gasteiger partial charge in [-0.2, -0.15) is 0 Å². The van der Waals surface area contributed by atoms with E-state index in [1.807, 2.05) is 61.5 Å². The van der Waals surface area contributed by atoms with Crippen molar-refractivity contribution in [3.63, 3.8) is 0 Å². The van der Waals surface area contributed by atoms with Gasteiger partial charge in [-0.25, -0.2) is 0 Å². The first-order valence-corrected chi connectivity index (χ1v) is 7.83. The van der Waals surface area contributed by atoms with Crippen molar-refractivity contribution >= 4 is 11.8 Å². The minimum atomic E-state index is -0.833. The van der Waals surface area contributed by atoms with Crippen LogP contribution >= 0.6 is 0 Å². The maximum Gasteiger partial charge on any atom is 0.317 e. The molecule has 0 radical (unpaired) electrons. The number of hydrogen-bond acceptors (Lipinski definition) is 3. The van der Waals surface area contributed by atoms with Crippen LogP contribution in [-0.2, 0) is 14.3 Å². The highest BCUT2D eigenvalue weighted by molar-refractivity contribution is 5.99. The van der Waals surface area contributed by atoms with Crippen LogP contribution in [0, 0.1) is 12.8 Å². The van der Waals surface area contributed by atoms with Gasteiger partial charge in [0.05, 0.1) is 6.61 Å². The minimum absolute atomic E-state index is 0.183. The van der Waals surface area contributed by atoms with Gasteiger partial charge in [-0.1, -0.05) is 60.2 Å². The standard InChI is InChI=1S/C20H22O3/c1-4-23-20(22)18(15(3)21)19(16-8-6-5-7-9-16)17-12-10-14(2)11-13-17/h5-13,18-19H,4H2,1-3H3. The summed E-state index contributed by atoms with van der Waals surface area (Å²) in [4.78, 5) is 24.6. The maximum atomic E-state index is 12.4. The van der Waals surface area contributed by atoms with Crippen LogP contribution in [-0.4, -0.2) is 18.4 Å². The van der Waals surface area contributed by atoms with Crippen molar-refractivity contribution in [1.29, 1.82) is 0 Å². The number of benzene rings is 2. The number of hydrogen-bond donors (Lipinski definition) is 0. The van der Waals surface area contributed by atoms with E-state index in [9.17, 15) is 9.59 Å². The van der Waals surface area contributed by atoms with Crippen molar-refractivity contribution in [2.45, 2.75) is 26.7 Å². The van der Waals surface area contributed by atoms with Crippen LogP contribution in [0.4, 0.5) is 0 Å². The van der Waals surface area contributed by atoms with E-state index in [1.54, 1.807) is 6.92 Å². The van der Waals surface area contributed by atoms with E-state index in [0.29, 0.717) is 0 Å². The van der Waals surface area contributed by atoms with Gasteiger partial charge >= 0.3 is 5.97 Å². The highest BCUT2D eigenvalue weighted by Crippen LogP contribution is 2.33. The van der Waals surface area contributed by atoms with E-state index in [-0.39, 0.29) is 18.3 Å². The zero-order chi connectivity index (χ0) is 16.8. The molecule has 2 rings (SSSR count). The highest BCUT2D eigenvalue weighted by atomic mass is 16.5.